The number of aryl methyl sites for hydroxylation is 1. The minimum Gasteiger partial charge on any atom is -0.461 e. The third-order valence-electron chi connectivity index (χ3n) is 5.12. The molecule has 7 nitrogen and oxygen atoms in total. The first kappa shape index (κ1) is 17.3. The van der Waals surface area contributed by atoms with Gasteiger partial charge in [0.05, 0.1) is 5.56 Å². The van der Waals surface area contributed by atoms with Gasteiger partial charge in [-0.3, -0.25) is 9.59 Å². The molecule has 4 rings (SSSR count). The van der Waals surface area contributed by atoms with Crippen LogP contribution in [0.2, 0.25) is 0 Å². The molecule has 140 valence electrons. The summed E-state index contributed by atoms with van der Waals surface area (Å²) in [4.78, 5) is 30.5. The van der Waals surface area contributed by atoms with E-state index in [9.17, 15) is 9.59 Å². The predicted octanol–water partition coefficient (Wildman–Crippen LogP) is 2.44. The van der Waals surface area contributed by atoms with Gasteiger partial charge in [-0.05, 0) is 31.9 Å². The van der Waals surface area contributed by atoms with Gasteiger partial charge in [0.2, 0.25) is 5.91 Å². The van der Waals surface area contributed by atoms with Gasteiger partial charge in [-0.2, -0.15) is 0 Å². The van der Waals surface area contributed by atoms with E-state index in [2.05, 4.69) is 4.98 Å². The van der Waals surface area contributed by atoms with Crippen LogP contribution in [-0.4, -0.2) is 39.4 Å². The fourth-order valence-corrected chi connectivity index (χ4v) is 3.85. The van der Waals surface area contributed by atoms with Gasteiger partial charge in [0.1, 0.15) is 23.7 Å². The van der Waals surface area contributed by atoms with Gasteiger partial charge in [-0.25, -0.2) is 4.98 Å². The van der Waals surface area contributed by atoms with Crippen LogP contribution in [0.5, 0.6) is 0 Å². The Balaban J connectivity index is 1.48. The lowest BCUT2D eigenvalue weighted by Gasteiger charge is -2.32. The molecule has 0 spiro atoms. The van der Waals surface area contributed by atoms with Crippen molar-refractivity contribution in [1.82, 2.24) is 14.5 Å². The molecular formula is C20H22N4O3. The highest BCUT2D eigenvalue weighted by molar-refractivity contribution is 6.05. The quantitative estimate of drug-likeness (QED) is 0.767. The third kappa shape index (κ3) is 3.32. The monoisotopic (exact) mass is 366 g/mol. The number of carbonyl (C=O) groups is 2. The largest absolute Gasteiger partial charge is 0.461 e. The Morgan fingerprint density at radius 2 is 2.07 bits per heavy atom. The number of piperidine rings is 1. The number of aromatic nitrogens is 2. The second-order valence-electron chi connectivity index (χ2n) is 7.03. The zero-order chi connectivity index (χ0) is 19.0. The van der Waals surface area contributed by atoms with E-state index in [-0.39, 0.29) is 24.3 Å². The van der Waals surface area contributed by atoms with E-state index in [1.807, 2.05) is 36.1 Å². The minimum atomic E-state index is -0.385. The number of likely N-dealkylation sites (tertiary alicyclic amines) is 1. The maximum absolute atomic E-state index is 13.0. The third-order valence-corrected chi connectivity index (χ3v) is 5.12. The van der Waals surface area contributed by atoms with Crippen molar-refractivity contribution in [3.8, 4) is 0 Å². The van der Waals surface area contributed by atoms with Crippen LogP contribution in [0.1, 0.15) is 40.7 Å². The van der Waals surface area contributed by atoms with E-state index in [1.54, 1.807) is 17.0 Å². The summed E-state index contributed by atoms with van der Waals surface area (Å²) in [7, 11) is 0. The van der Waals surface area contributed by atoms with E-state index < -0.39 is 0 Å². The number of carbonyl (C=O) groups excluding carboxylic acids is 2. The normalized spacial score (nSPS) is 15.4. The second kappa shape index (κ2) is 6.90. The topological polar surface area (TPSA) is 94.4 Å². The van der Waals surface area contributed by atoms with Crippen molar-refractivity contribution in [2.75, 3.05) is 13.1 Å². The second-order valence-corrected chi connectivity index (χ2v) is 7.03. The van der Waals surface area contributed by atoms with Crippen molar-refractivity contribution in [1.29, 1.82) is 0 Å². The van der Waals surface area contributed by atoms with Gasteiger partial charge >= 0.3 is 0 Å². The number of nitrogens with two attached hydrogens (primary N) is 1. The summed E-state index contributed by atoms with van der Waals surface area (Å²) in [5.74, 6) is 1.48. The Hall–Kier alpha value is -3.09. The lowest BCUT2D eigenvalue weighted by molar-refractivity contribution is -0.118. The van der Waals surface area contributed by atoms with Crippen LogP contribution in [0.15, 0.2) is 41.1 Å². The Morgan fingerprint density at radius 3 is 2.81 bits per heavy atom. The maximum atomic E-state index is 13.0. The van der Waals surface area contributed by atoms with E-state index in [0.29, 0.717) is 24.2 Å². The Morgan fingerprint density at radius 1 is 1.30 bits per heavy atom. The van der Waals surface area contributed by atoms with Crippen molar-refractivity contribution in [2.45, 2.75) is 32.2 Å². The van der Waals surface area contributed by atoms with Crippen molar-refractivity contribution in [2.24, 2.45) is 5.73 Å². The average molecular weight is 366 g/mol. The first-order chi connectivity index (χ1) is 13.0. The zero-order valence-electron chi connectivity index (χ0n) is 15.2. The van der Waals surface area contributed by atoms with Crippen LogP contribution in [0.3, 0.4) is 0 Å². The standard InChI is InChI=1S/C20H22N4O3/c1-13-11-15-3-2-4-16(18(15)27-13)20(26)23-8-5-14(6-9-23)19-22-7-10-24(19)12-17(21)25/h2-4,7,10-11,14H,5-6,8-9,12H2,1H3,(H2,21,25). The highest BCUT2D eigenvalue weighted by Gasteiger charge is 2.28. The average Bonchev–Trinajstić information content (AvgIpc) is 3.25. The van der Waals surface area contributed by atoms with Crippen LogP contribution in [0.25, 0.3) is 11.0 Å². The molecule has 0 radical (unpaired) electrons. The number of imidazole rings is 1. The first-order valence-electron chi connectivity index (χ1n) is 9.10. The molecule has 0 aliphatic carbocycles. The fraction of sp³-hybridized carbons (Fsp3) is 0.350. The number of furan rings is 1. The molecule has 2 amide bonds. The number of amides is 2. The number of nitrogens with zero attached hydrogens (tertiary/aromatic N) is 3. The molecule has 3 heterocycles. The van der Waals surface area contributed by atoms with Crippen molar-refractivity contribution >= 4 is 22.8 Å². The summed E-state index contributed by atoms with van der Waals surface area (Å²) < 4.78 is 7.54. The Bertz CT molecular complexity index is 996. The first-order valence-corrected chi connectivity index (χ1v) is 9.10. The van der Waals surface area contributed by atoms with E-state index in [1.165, 1.54) is 0 Å². The molecule has 27 heavy (non-hydrogen) atoms. The number of fused-ring (bicyclic) bond motifs is 1. The van der Waals surface area contributed by atoms with Crippen LogP contribution >= 0.6 is 0 Å². The molecule has 1 aliphatic rings. The van der Waals surface area contributed by atoms with Crippen LogP contribution < -0.4 is 5.73 Å². The summed E-state index contributed by atoms with van der Waals surface area (Å²) in [5.41, 5.74) is 6.56. The van der Waals surface area contributed by atoms with Crippen LogP contribution in [0.4, 0.5) is 0 Å². The molecule has 0 unspecified atom stereocenters. The van der Waals surface area contributed by atoms with Crippen molar-refractivity contribution < 1.29 is 14.0 Å². The Labute approximate surface area is 156 Å². The van der Waals surface area contributed by atoms with Crippen LogP contribution in [-0.2, 0) is 11.3 Å². The fourth-order valence-electron chi connectivity index (χ4n) is 3.85. The van der Waals surface area contributed by atoms with Gasteiger partial charge < -0.3 is 19.6 Å². The summed E-state index contributed by atoms with van der Waals surface area (Å²) in [6.07, 6.45) is 5.07. The van der Waals surface area contributed by atoms with Crippen molar-refractivity contribution in [3.05, 3.63) is 53.8 Å². The molecule has 1 saturated heterocycles. The summed E-state index contributed by atoms with van der Waals surface area (Å²) in [6, 6.07) is 7.60. The molecule has 0 atom stereocenters. The van der Waals surface area contributed by atoms with Gasteiger partial charge in [-0.1, -0.05) is 12.1 Å². The van der Waals surface area contributed by atoms with Gasteiger partial charge in [0.15, 0.2) is 0 Å². The molecule has 3 aromatic rings. The zero-order valence-corrected chi connectivity index (χ0v) is 15.2. The van der Waals surface area contributed by atoms with Crippen LogP contribution in [0, 0.1) is 6.92 Å². The maximum Gasteiger partial charge on any atom is 0.257 e. The van der Waals surface area contributed by atoms with E-state index >= 15 is 0 Å². The van der Waals surface area contributed by atoms with Crippen molar-refractivity contribution in [3.63, 3.8) is 0 Å². The van der Waals surface area contributed by atoms with E-state index in [4.69, 9.17) is 10.2 Å². The summed E-state index contributed by atoms with van der Waals surface area (Å²) >= 11 is 0. The van der Waals surface area contributed by atoms with Gasteiger partial charge in [0.25, 0.3) is 5.91 Å². The molecule has 0 bridgehead atoms. The molecular weight excluding hydrogens is 344 g/mol. The van der Waals surface area contributed by atoms with E-state index in [0.717, 1.165) is 29.8 Å². The number of rotatable bonds is 4. The Kier molecular flexibility index (Phi) is 4.43. The summed E-state index contributed by atoms with van der Waals surface area (Å²) in [5, 5.41) is 0.946. The lowest BCUT2D eigenvalue weighted by Crippen LogP contribution is -2.38. The number of para-hydroxylation sites is 1. The van der Waals surface area contributed by atoms with Gasteiger partial charge in [0, 0.05) is 36.8 Å². The molecule has 2 aromatic heterocycles. The number of hydrogen-bond acceptors (Lipinski definition) is 4. The highest BCUT2D eigenvalue weighted by Crippen LogP contribution is 2.29. The molecule has 1 fully saturated rings. The smallest absolute Gasteiger partial charge is 0.257 e. The summed E-state index contributed by atoms with van der Waals surface area (Å²) in [6.45, 7) is 3.30. The molecule has 7 heteroatoms. The number of primary amides is 1. The highest BCUT2D eigenvalue weighted by atomic mass is 16.3. The minimum absolute atomic E-state index is 0.00567. The number of hydrogen-bond donors (Lipinski definition) is 1. The molecule has 2 N–H and O–H groups in total. The molecule has 1 aromatic carbocycles. The van der Waals surface area contributed by atoms with Gasteiger partial charge in [-0.15, -0.1) is 0 Å². The lowest BCUT2D eigenvalue weighted by atomic mass is 9.95. The SMILES string of the molecule is Cc1cc2cccc(C(=O)N3CCC(c4nccn4CC(N)=O)CC3)c2o1. The number of benzene rings is 1. The molecule has 1 aliphatic heterocycles. The molecule has 0 saturated carbocycles. The predicted molar refractivity (Wildman–Crippen MR) is 100 cm³/mol.